The number of carbonyl (C=O) groups is 1. The van der Waals surface area contributed by atoms with Crippen LogP contribution < -0.4 is 16.4 Å². The topological polar surface area (TPSA) is 90.9 Å². The second kappa shape index (κ2) is 7.67. The molecule has 0 saturated carbocycles. The Morgan fingerprint density at radius 1 is 1.14 bits per heavy atom. The molecule has 0 bridgehead atoms. The molecule has 28 heavy (non-hydrogen) atoms. The predicted molar refractivity (Wildman–Crippen MR) is 107 cm³/mol. The molecular weight excluding hydrogens is 358 g/mol. The minimum Gasteiger partial charge on any atom is -0.350 e. The van der Waals surface area contributed by atoms with Crippen molar-refractivity contribution < 1.29 is 4.79 Å². The standard InChI is InChI=1S/C20H23N5O3/c1-5-10-24-16-8-6-7-9-17(16)25(20(28)19(24)27)12-18(26)21-11-15-13(2)22-23(4)14(15)3/h5-9H,1,10-12H2,2-4H3,(H,21,26). The largest absolute Gasteiger partial charge is 0.350 e. The Bertz CT molecular complexity index is 1180. The molecular formula is C20H23N5O3. The van der Waals surface area contributed by atoms with Gasteiger partial charge in [0.05, 0.1) is 16.7 Å². The van der Waals surface area contributed by atoms with Crippen LogP contribution in [0.1, 0.15) is 17.0 Å². The number of hydrogen-bond donors (Lipinski definition) is 1. The van der Waals surface area contributed by atoms with Crippen molar-refractivity contribution in [2.45, 2.75) is 33.5 Å². The SMILES string of the molecule is C=CCn1c(=O)c(=O)n(CC(=O)NCc2c(C)nn(C)c2C)c2ccccc21. The van der Waals surface area contributed by atoms with Crippen molar-refractivity contribution >= 4 is 16.9 Å². The van der Waals surface area contributed by atoms with Crippen molar-refractivity contribution in [2.75, 3.05) is 0 Å². The van der Waals surface area contributed by atoms with Crippen LogP contribution in [0.3, 0.4) is 0 Å². The number of para-hydroxylation sites is 2. The van der Waals surface area contributed by atoms with Gasteiger partial charge in [-0.3, -0.25) is 28.2 Å². The fourth-order valence-electron chi connectivity index (χ4n) is 3.30. The molecule has 8 nitrogen and oxygen atoms in total. The third kappa shape index (κ3) is 3.40. The number of allylic oxidation sites excluding steroid dienone is 1. The highest BCUT2D eigenvalue weighted by atomic mass is 16.2. The first-order valence-electron chi connectivity index (χ1n) is 8.94. The molecule has 0 radical (unpaired) electrons. The summed E-state index contributed by atoms with van der Waals surface area (Å²) in [6, 6.07) is 7.01. The molecule has 3 rings (SSSR count). The van der Waals surface area contributed by atoms with E-state index < -0.39 is 11.1 Å². The molecule has 0 saturated heterocycles. The zero-order valence-corrected chi connectivity index (χ0v) is 16.2. The summed E-state index contributed by atoms with van der Waals surface area (Å²) in [6.45, 7) is 7.74. The van der Waals surface area contributed by atoms with Gasteiger partial charge in [-0.2, -0.15) is 5.10 Å². The van der Waals surface area contributed by atoms with Crippen LogP contribution in [0.4, 0.5) is 0 Å². The van der Waals surface area contributed by atoms with Gasteiger partial charge >= 0.3 is 11.1 Å². The number of rotatable bonds is 6. The first-order valence-corrected chi connectivity index (χ1v) is 8.94. The van der Waals surface area contributed by atoms with Gasteiger partial charge in [0, 0.05) is 31.4 Å². The maximum absolute atomic E-state index is 12.6. The van der Waals surface area contributed by atoms with Gasteiger partial charge in [0.2, 0.25) is 5.91 Å². The lowest BCUT2D eigenvalue weighted by Gasteiger charge is -2.14. The molecule has 0 spiro atoms. The van der Waals surface area contributed by atoms with E-state index in [1.807, 2.05) is 20.9 Å². The van der Waals surface area contributed by atoms with Crippen molar-refractivity contribution in [2.24, 2.45) is 7.05 Å². The zero-order valence-electron chi connectivity index (χ0n) is 16.2. The van der Waals surface area contributed by atoms with Crippen molar-refractivity contribution in [1.29, 1.82) is 0 Å². The lowest BCUT2D eigenvalue weighted by molar-refractivity contribution is -0.121. The molecule has 0 aliphatic carbocycles. The highest BCUT2D eigenvalue weighted by molar-refractivity contribution is 5.80. The fraction of sp³-hybridized carbons (Fsp3) is 0.300. The second-order valence-corrected chi connectivity index (χ2v) is 6.63. The fourth-order valence-corrected chi connectivity index (χ4v) is 3.30. The van der Waals surface area contributed by atoms with Crippen molar-refractivity contribution in [3.63, 3.8) is 0 Å². The van der Waals surface area contributed by atoms with Gasteiger partial charge in [0.15, 0.2) is 0 Å². The number of amides is 1. The van der Waals surface area contributed by atoms with Crippen LogP contribution in [-0.4, -0.2) is 24.8 Å². The van der Waals surface area contributed by atoms with Crippen molar-refractivity contribution in [3.8, 4) is 0 Å². The Morgan fingerprint density at radius 2 is 1.75 bits per heavy atom. The molecule has 0 atom stereocenters. The van der Waals surface area contributed by atoms with E-state index in [0.717, 1.165) is 17.0 Å². The van der Waals surface area contributed by atoms with E-state index in [0.29, 0.717) is 17.6 Å². The van der Waals surface area contributed by atoms with E-state index in [4.69, 9.17) is 0 Å². The van der Waals surface area contributed by atoms with E-state index in [1.165, 1.54) is 9.13 Å². The molecule has 0 unspecified atom stereocenters. The Labute approximate surface area is 161 Å². The van der Waals surface area contributed by atoms with Crippen LogP contribution in [0.5, 0.6) is 0 Å². The molecule has 146 valence electrons. The van der Waals surface area contributed by atoms with Crippen LogP contribution in [0.15, 0.2) is 46.5 Å². The first kappa shape index (κ1) is 19.3. The third-order valence-corrected chi connectivity index (χ3v) is 4.87. The van der Waals surface area contributed by atoms with Crippen LogP contribution in [-0.2, 0) is 31.5 Å². The Morgan fingerprint density at radius 3 is 2.32 bits per heavy atom. The Balaban J connectivity index is 1.92. The Kier molecular flexibility index (Phi) is 5.30. The van der Waals surface area contributed by atoms with Gasteiger partial charge in [-0.05, 0) is 26.0 Å². The maximum atomic E-state index is 12.6. The zero-order chi connectivity index (χ0) is 20.4. The van der Waals surface area contributed by atoms with Crippen LogP contribution in [0.25, 0.3) is 11.0 Å². The summed E-state index contributed by atoms with van der Waals surface area (Å²) in [7, 11) is 1.84. The number of aryl methyl sites for hydroxylation is 2. The number of aromatic nitrogens is 4. The summed E-state index contributed by atoms with van der Waals surface area (Å²) in [5.41, 5.74) is 2.45. The second-order valence-electron chi connectivity index (χ2n) is 6.63. The number of nitrogens with one attached hydrogen (secondary N) is 1. The number of nitrogens with zero attached hydrogens (tertiary/aromatic N) is 4. The van der Waals surface area contributed by atoms with Gasteiger partial charge in [-0.25, -0.2) is 0 Å². The van der Waals surface area contributed by atoms with E-state index in [2.05, 4.69) is 17.0 Å². The number of carbonyl (C=O) groups excluding carboxylic acids is 1. The monoisotopic (exact) mass is 381 g/mol. The molecule has 1 N–H and O–H groups in total. The molecule has 1 amide bonds. The summed E-state index contributed by atoms with van der Waals surface area (Å²) in [5, 5.41) is 7.14. The lowest BCUT2D eigenvalue weighted by atomic mass is 10.2. The molecule has 2 aromatic heterocycles. The van der Waals surface area contributed by atoms with Crippen LogP contribution in [0, 0.1) is 13.8 Å². The van der Waals surface area contributed by atoms with Gasteiger partial charge in [0.25, 0.3) is 0 Å². The van der Waals surface area contributed by atoms with Gasteiger partial charge in [-0.15, -0.1) is 6.58 Å². The predicted octanol–water partition coefficient (Wildman–Crippen LogP) is 1.02. The average Bonchev–Trinajstić information content (AvgIpc) is 2.92. The molecule has 1 aromatic carbocycles. The molecule has 0 fully saturated rings. The maximum Gasteiger partial charge on any atom is 0.317 e. The average molecular weight is 381 g/mol. The van der Waals surface area contributed by atoms with E-state index >= 15 is 0 Å². The van der Waals surface area contributed by atoms with Gasteiger partial charge in [-0.1, -0.05) is 18.2 Å². The smallest absolute Gasteiger partial charge is 0.317 e. The molecule has 8 heteroatoms. The summed E-state index contributed by atoms with van der Waals surface area (Å²) in [4.78, 5) is 37.6. The van der Waals surface area contributed by atoms with Crippen molar-refractivity contribution in [1.82, 2.24) is 24.2 Å². The minimum atomic E-state index is -0.732. The van der Waals surface area contributed by atoms with E-state index in [-0.39, 0.29) is 19.0 Å². The Hall–Kier alpha value is -3.42. The summed E-state index contributed by atoms with van der Waals surface area (Å²) in [5.74, 6) is -0.351. The van der Waals surface area contributed by atoms with Gasteiger partial charge < -0.3 is 5.32 Å². The highest BCUT2D eigenvalue weighted by Gasteiger charge is 2.16. The molecule has 0 aliphatic rings. The third-order valence-electron chi connectivity index (χ3n) is 4.87. The highest BCUT2D eigenvalue weighted by Crippen LogP contribution is 2.12. The summed E-state index contributed by atoms with van der Waals surface area (Å²) >= 11 is 0. The minimum absolute atomic E-state index is 0.223. The molecule has 2 heterocycles. The molecule has 3 aromatic rings. The van der Waals surface area contributed by atoms with Crippen LogP contribution >= 0.6 is 0 Å². The lowest BCUT2D eigenvalue weighted by Crippen LogP contribution is -2.43. The molecule has 0 aliphatic heterocycles. The number of fused-ring (bicyclic) bond motifs is 1. The van der Waals surface area contributed by atoms with E-state index in [9.17, 15) is 14.4 Å². The summed E-state index contributed by atoms with van der Waals surface area (Å²) in [6.07, 6.45) is 1.56. The van der Waals surface area contributed by atoms with Gasteiger partial charge in [0.1, 0.15) is 6.54 Å². The van der Waals surface area contributed by atoms with Crippen LogP contribution in [0.2, 0.25) is 0 Å². The normalized spacial score (nSPS) is 11.0. The van der Waals surface area contributed by atoms with Crippen molar-refractivity contribution in [3.05, 3.63) is 74.6 Å². The summed E-state index contributed by atoms with van der Waals surface area (Å²) < 4.78 is 4.34. The first-order chi connectivity index (χ1) is 13.3. The number of hydrogen-bond acceptors (Lipinski definition) is 4. The quantitative estimate of drug-likeness (QED) is 0.510. The number of benzene rings is 1. The van der Waals surface area contributed by atoms with E-state index in [1.54, 1.807) is 35.0 Å².